The predicted molar refractivity (Wildman–Crippen MR) is 100 cm³/mol. The second kappa shape index (κ2) is 8.51. The van der Waals surface area contributed by atoms with Crippen LogP contribution in [-0.2, 0) is 21.2 Å². The second-order valence-corrected chi connectivity index (χ2v) is 8.13. The van der Waals surface area contributed by atoms with Crippen LogP contribution in [0.15, 0.2) is 53.4 Å². The molecule has 2 N–H and O–H groups in total. The Morgan fingerprint density at radius 2 is 1.67 bits per heavy atom. The number of benzene rings is 2. The average Bonchev–Trinajstić information content (AvgIpc) is 2.66. The minimum Gasteiger partial charge on any atom is -0.497 e. The van der Waals surface area contributed by atoms with Crippen LogP contribution >= 0.6 is 0 Å². The number of sulfonamides is 1. The maximum Gasteiger partial charge on any atom is 0.337 e. The lowest BCUT2D eigenvalue weighted by Crippen LogP contribution is -2.42. The van der Waals surface area contributed by atoms with Crippen molar-refractivity contribution in [2.45, 2.75) is 23.8 Å². The smallest absolute Gasteiger partial charge is 0.337 e. The van der Waals surface area contributed by atoms with E-state index in [1.54, 1.807) is 26.2 Å². The molecule has 0 aromatic heterocycles. The molecule has 0 aliphatic rings. The molecule has 1 atom stereocenters. The minimum atomic E-state index is -3.83. The summed E-state index contributed by atoms with van der Waals surface area (Å²) in [6.45, 7) is 1.39. The topological polar surface area (TPSA) is 102 Å². The van der Waals surface area contributed by atoms with Gasteiger partial charge in [-0.1, -0.05) is 12.1 Å². The number of carbonyl (C=O) groups excluding carboxylic acids is 1. The fourth-order valence-corrected chi connectivity index (χ4v) is 3.63. The van der Waals surface area contributed by atoms with Gasteiger partial charge in [0.2, 0.25) is 10.0 Å². The molecule has 0 unspecified atom stereocenters. The molecule has 0 saturated heterocycles. The molecule has 0 spiro atoms. The van der Waals surface area contributed by atoms with Gasteiger partial charge < -0.3 is 14.6 Å². The SMILES string of the molecule is COC(=O)c1ccc(S(=O)(=O)NC[C@@](C)(O)Cc2ccc(OC)cc2)cc1. The summed E-state index contributed by atoms with van der Waals surface area (Å²) >= 11 is 0. The molecule has 27 heavy (non-hydrogen) atoms. The van der Waals surface area contributed by atoms with Gasteiger partial charge in [0.1, 0.15) is 5.75 Å². The van der Waals surface area contributed by atoms with Crippen LogP contribution in [-0.4, -0.2) is 45.9 Å². The maximum atomic E-state index is 12.4. The highest BCUT2D eigenvalue weighted by molar-refractivity contribution is 7.89. The van der Waals surface area contributed by atoms with Crippen molar-refractivity contribution < 1.29 is 27.8 Å². The third-order valence-corrected chi connectivity index (χ3v) is 5.39. The van der Waals surface area contributed by atoms with Crippen molar-refractivity contribution in [1.82, 2.24) is 4.72 Å². The highest BCUT2D eigenvalue weighted by atomic mass is 32.2. The standard InChI is InChI=1S/C19H23NO6S/c1-19(22,12-14-4-8-16(25-2)9-5-14)13-20-27(23,24)17-10-6-15(7-11-17)18(21)26-3/h4-11,20,22H,12-13H2,1-3H3/t19-/m0/s1. The Morgan fingerprint density at radius 1 is 1.07 bits per heavy atom. The summed E-state index contributed by atoms with van der Waals surface area (Å²) in [6, 6.07) is 12.5. The van der Waals surface area contributed by atoms with Gasteiger partial charge in [0.05, 0.1) is 30.3 Å². The fraction of sp³-hybridized carbons (Fsp3) is 0.316. The van der Waals surface area contributed by atoms with E-state index in [0.29, 0.717) is 5.75 Å². The maximum absolute atomic E-state index is 12.4. The first-order valence-electron chi connectivity index (χ1n) is 8.20. The van der Waals surface area contributed by atoms with E-state index in [1.165, 1.54) is 31.4 Å². The molecule has 0 fully saturated rings. The van der Waals surface area contributed by atoms with Gasteiger partial charge >= 0.3 is 5.97 Å². The van der Waals surface area contributed by atoms with Crippen molar-refractivity contribution in [2.75, 3.05) is 20.8 Å². The highest BCUT2D eigenvalue weighted by Gasteiger charge is 2.25. The molecular formula is C19H23NO6S. The molecule has 0 heterocycles. The number of aliphatic hydroxyl groups is 1. The number of hydrogen-bond donors (Lipinski definition) is 2. The molecule has 0 bridgehead atoms. The summed E-state index contributed by atoms with van der Waals surface area (Å²) in [4.78, 5) is 11.4. The zero-order valence-corrected chi connectivity index (χ0v) is 16.2. The first kappa shape index (κ1) is 20.9. The second-order valence-electron chi connectivity index (χ2n) is 6.36. The molecule has 0 amide bonds. The first-order chi connectivity index (χ1) is 12.7. The zero-order chi connectivity index (χ0) is 20.1. The predicted octanol–water partition coefficient (Wildman–Crippen LogP) is 1.75. The van der Waals surface area contributed by atoms with Gasteiger partial charge in [0.25, 0.3) is 0 Å². The van der Waals surface area contributed by atoms with Crippen molar-refractivity contribution >= 4 is 16.0 Å². The van der Waals surface area contributed by atoms with Crippen LogP contribution in [0.5, 0.6) is 5.75 Å². The minimum absolute atomic E-state index is 0.00426. The molecule has 0 aliphatic heterocycles. The Balaban J connectivity index is 2.02. The summed E-state index contributed by atoms with van der Waals surface area (Å²) in [7, 11) is -1.01. The molecule has 0 aliphatic carbocycles. The quantitative estimate of drug-likeness (QED) is 0.663. The molecular weight excluding hydrogens is 370 g/mol. The van der Waals surface area contributed by atoms with Gasteiger partial charge in [-0.25, -0.2) is 17.9 Å². The lowest BCUT2D eigenvalue weighted by Gasteiger charge is -2.24. The number of ether oxygens (including phenoxy) is 2. The lowest BCUT2D eigenvalue weighted by atomic mass is 9.97. The van der Waals surface area contributed by atoms with Gasteiger partial charge in [-0.3, -0.25) is 0 Å². The Labute approximate surface area is 159 Å². The third-order valence-electron chi connectivity index (χ3n) is 3.97. The van der Waals surface area contributed by atoms with E-state index in [4.69, 9.17) is 4.74 Å². The fourth-order valence-electron chi connectivity index (χ4n) is 2.47. The van der Waals surface area contributed by atoms with Gasteiger partial charge in [-0.2, -0.15) is 0 Å². The van der Waals surface area contributed by atoms with E-state index in [9.17, 15) is 18.3 Å². The van der Waals surface area contributed by atoms with E-state index in [1.807, 2.05) is 12.1 Å². The zero-order valence-electron chi connectivity index (χ0n) is 15.4. The summed E-state index contributed by atoms with van der Waals surface area (Å²) in [5.41, 5.74) is -0.182. The number of carbonyl (C=O) groups is 1. The van der Waals surface area contributed by atoms with E-state index >= 15 is 0 Å². The van der Waals surface area contributed by atoms with Crippen molar-refractivity contribution in [3.63, 3.8) is 0 Å². The molecule has 7 nitrogen and oxygen atoms in total. The largest absolute Gasteiger partial charge is 0.497 e. The third kappa shape index (κ3) is 5.78. The van der Waals surface area contributed by atoms with Crippen molar-refractivity contribution in [1.29, 1.82) is 0 Å². The van der Waals surface area contributed by atoms with E-state index in [-0.39, 0.29) is 23.4 Å². The summed E-state index contributed by atoms with van der Waals surface area (Å²) in [6.07, 6.45) is 0.265. The van der Waals surface area contributed by atoms with Gasteiger partial charge in [-0.05, 0) is 48.9 Å². The van der Waals surface area contributed by atoms with Crippen molar-refractivity contribution in [2.24, 2.45) is 0 Å². The van der Waals surface area contributed by atoms with Crippen LogP contribution in [0, 0.1) is 0 Å². The Morgan fingerprint density at radius 3 is 2.19 bits per heavy atom. The monoisotopic (exact) mass is 393 g/mol. The Kier molecular flexibility index (Phi) is 6.59. The molecule has 146 valence electrons. The van der Waals surface area contributed by atoms with E-state index in [0.717, 1.165) is 5.56 Å². The van der Waals surface area contributed by atoms with Crippen LogP contribution in [0.2, 0.25) is 0 Å². The van der Waals surface area contributed by atoms with Gasteiger partial charge in [0, 0.05) is 13.0 Å². The summed E-state index contributed by atoms with van der Waals surface area (Å²) in [5, 5.41) is 10.5. The number of hydrogen-bond acceptors (Lipinski definition) is 6. The van der Waals surface area contributed by atoms with E-state index in [2.05, 4.69) is 9.46 Å². The summed E-state index contributed by atoms with van der Waals surface area (Å²) in [5.74, 6) is 0.156. The Hall–Kier alpha value is -2.42. The number of rotatable bonds is 8. The molecule has 8 heteroatoms. The molecule has 0 saturated carbocycles. The van der Waals surface area contributed by atoms with Gasteiger partial charge in [0.15, 0.2) is 0 Å². The number of nitrogens with one attached hydrogen (secondary N) is 1. The van der Waals surface area contributed by atoms with Gasteiger partial charge in [-0.15, -0.1) is 0 Å². The number of esters is 1. The van der Waals surface area contributed by atoms with Crippen LogP contribution in [0.4, 0.5) is 0 Å². The lowest BCUT2D eigenvalue weighted by molar-refractivity contribution is 0.0600. The molecule has 2 rings (SSSR count). The number of methoxy groups -OCH3 is 2. The molecule has 2 aromatic rings. The van der Waals surface area contributed by atoms with E-state index < -0.39 is 21.6 Å². The average molecular weight is 393 g/mol. The highest BCUT2D eigenvalue weighted by Crippen LogP contribution is 2.18. The molecule has 2 aromatic carbocycles. The van der Waals surface area contributed by atoms with Crippen LogP contribution in [0.25, 0.3) is 0 Å². The summed E-state index contributed by atoms with van der Waals surface area (Å²) < 4.78 is 36.9. The first-order valence-corrected chi connectivity index (χ1v) is 9.68. The van der Waals surface area contributed by atoms with Crippen molar-refractivity contribution in [3.05, 3.63) is 59.7 Å². The molecule has 0 radical (unpaired) electrons. The normalized spacial score (nSPS) is 13.6. The van der Waals surface area contributed by atoms with Crippen LogP contribution in [0.3, 0.4) is 0 Å². The van der Waals surface area contributed by atoms with Crippen LogP contribution < -0.4 is 9.46 Å². The Bertz CT molecular complexity index is 873. The van der Waals surface area contributed by atoms with Crippen LogP contribution in [0.1, 0.15) is 22.8 Å². The van der Waals surface area contributed by atoms with Crippen molar-refractivity contribution in [3.8, 4) is 5.75 Å².